The van der Waals surface area contributed by atoms with Crippen LogP contribution in [0.4, 0.5) is 0 Å². The molecular weight excluding hydrogens is 352 g/mol. The standard InChI is InChI=1S/C21H40N6O/c1-18-8-4-5-10-24(18)13-9-23-21(22-3)27-16-14-25(15-17-27)19(2)20(28)26-11-6-7-12-26/h18-19H,4-17H2,1-3H3,(H,22,23). The fourth-order valence-corrected chi connectivity index (χ4v) is 4.81. The van der Waals surface area contributed by atoms with E-state index in [1.165, 1.54) is 25.8 Å². The van der Waals surface area contributed by atoms with Crippen LogP contribution in [0.15, 0.2) is 4.99 Å². The van der Waals surface area contributed by atoms with Crippen LogP contribution in [-0.2, 0) is 4.79 Å². The molecule has 3 heterocycles. The molecule has 28 heavy (non-hydrogen) atoms. The van der Waals surface area contributed by atoms with Crippen LogP contribution in [0.1, 0.15) is 46.0 Å². The van der Waals surface area contributed by atoms with E-state index >= 15 is 0 Å². The molecule has 3 fully saturated rings. The minimum atomic E-state index is -0.00388. The molecule has 3 saturated heterocycles. The fraction of sp³-hybridized carbons (Fsp3) is 0.905. The molecule has 0 aromatic rings. The van der Waals surface area contributed by atoms with Gasteiger partial charge in [0.15, 0.2) is 5.96 Å². The molecule has 1 amide bonds. The van der Waals surface area contributed by atoms with Gasteiger partial charge < -0.3 is 15.1 Å². The smallest absolute Gasteiger partial charge is 0.239 e. The second-order valence-electron chi connectivity index (χ2n) is 8.59. The number of nitrogens with one attached hydrogen (secondary N) is 1. The molecule has 0 aromatic carbocycles. The number of piperazine rings is 1. The van der Waals surface area contributed by atoms with Gasteiger partial charge in [-0.1, -0.05) is 6.42 Å². The molecule has 0 aromatic heterocycles. The van der Waals surface area contributed by atoms with Gasteiger partial charge in [-0.15, -0.1) is 0 Å². The van der Waals surface area contributed by atoms with Crippen molar-refractivity contribution in [1.29, 1.82) is 0 Å². The summed E-state index contributed by atoms with van der Waals surface area (Å²) >= 11 is 0. The Bertz CT molecular complexity index is 525. The third kappa shape index (κ3) is 5.38. The molecule has 0 saturated carbocycles. The highest BCUT2D eigenvalue weighted by atomic mass is 16.2. The van der Waals surface area contributed by atoms with Gasteiger partial charge in [0.25, 0.3) is 0 Å². The van der Waals surface area contributed by atoms with Crippen molar-refractivity contribution in [2.24, 2.45) is 4.99 Å². The predicted molar refractivity (Wildman–Crippen MR) is 115 cm³/mol. The van der Waals surface area contributed by atoms with E-state index in [1.807, 2.05) is 11.9 Å². The van der Waals surface area contributed by atoms with Crippen molar-refractivity contribution < 1.29 is 4.79 Å². The highest BCUT2D eigenvalue weighted by Crippen LogP contribution is 2.16. The van der Waals surface area contributed by atoms with Crippen LogP contribution in [0.3, 0.4) is 0 Å². The zero-order valence-corrected chi connectivity index (χ0v) is 18.2. The first-order chi connectivity index (χ1) is 13.6. The average Bonchev–Trinajstić information content (AvgIpc) is 3.26. The zero-order valence-electron chi connectivity index (χ0n) is 18.2. The number of hydrogen-bond acceptors (Lipinski definition) is 4. The summed E-state index contributed by atoms with van der Waals surface area (Å²) < 4.78 is 0. The average molecular weight is 393 g/mol. The Morgan fingerprint density at radius 2 is 1.68 bits per heavy atom. The van der Waals surface area contributed by atoms with Gasteiger partial charge in [-0.2, -0.15) is 0 Å². The lowest BCUT2D eigenvalue weighted by Gasteiger charge is -2.40. The van der Waals surface area contributed by atoms with Gasteiger partial charge in [0, 0.05) is 65.4 Å². The topological polar surface area (TPSA) is 54.4 Å². The van der Waals surface area contributed by atoms with Crippen LogP contribution >= 0.6 is 0 Å². The van der Waals surface area contributed by atoms with Gasteiger partial charge in [0.1, 0.15) is 0 Å². The molecule has 1 N–H and O–H groups in total. The van der Waals surface area contributed by atoms with E-state index in [4.69, 9.17) is 0 Å². The van der Waals surface area contributed by atoms with E-state index in [0.29, 0.717) is 11.9 Å². The minimum absolute atomic E-state index is 0.00388. The minimum Gasteiger partial charge on any atom is -0.355 e. The van der Waals surface area contributed by atoms with Gasteiger partial charge >= 0.3 is 0 Å². The van der Waals surface area contributed by atoms with E-state index in [2.05, 4.69) is 38.9 Å². The number of piperidine rings is 1. The number of nitrogens with zero attached hydrogens (tertiary/aromatic N) is 5. The van der Waals surface area contributed by atoms with E-state index in [9.17, 15) is 4.79 Å². The van der Waals surface area contributed by atoms with E-state index in [1.54, 1.807) is 0 Å². The first-order valence-corrected chi connectivity index (χ1v) is 11.3. The predicted octanol–water partition coefficient (Wildman–Crippen LogP) is 1.06. The molecule has 2 atom stereocenters. The van der Waals surface area contributed by atoms with Crippen molar-refractivity contribution in [2.75, 3.05) is 66.0 Å². The summed E-state index contributed by atoms with van der Waals surface area (Å²) in [6.07, 6.45) is 6.34. The highest BCUT2D eigenvalue weighted by Gasteiger charge is 2.30. The number of guanidine groups is 1. The second-order valence-corrected chi connectivity index (χ2v) is 8.59. The normalized spacial score (nSPS) is 26.5. The summed E-state index contributed by atoms with van der Waals surface area (Å²) in [5.41, 5.74) is 0. The van der Waals surface area contributed by atoms with Gasteiger partial charge in [0.05, 0.1) is 6.04 Å². The molecule has 7 nitrogen and oxygen atoms in total. The molecule has 0 radical (unpaired) electrons. The van der Waals surface area contributed by atoms with Crippen LogP contribution in [-0.4, -0.2) is 110 Å². The number of hydrogen-bond donors (Lipinski definition) is 1. The first kappa shape index (κ1) is 21.4. The first-order valence-electron chi connectivity index (χ1n) is 11.3. The molecule has 2 unspecified atom stereocenters. The lowest BCUT2D eigenvalue weighted by Crippen LogP contribution is -2.57. The Hall–Kier alpha value is -1.34. The zero-order chi connectivity index (χ0) is 19.9. The van der Waals surface area contributed by atoms with Crippen LogP contribution in [0.2, 0.25) is 0 Å². The SMILES string of the molecule is CN=C(NCCN1CCCCC1C)N1CCN(C(C)C(=O)N2CCCC2)CC1. The molecule has 3 aliphatic heterocycles. The van der Waals surface area contributed by atoms with Crippen LogP contribution in [0.25, 0.3) is 0 Å². The Kier molecular flexibility index (Phi) is 7.97. The second kappa shape index (κ2) is 10.4. The van der Waals surface area contributed by atoms with Crippen molar-refractivity contribution in [2.45, 2.75) is 58.0 Å². The van der Waals surface area contributed by atoms with E-state index in [-0.39, 0.29) is 6.04 Å². The third-order valence-corrected chi connectivity index (χ3v) is 6.77. The summed E-state index contributed by atoms with van der Waals surface area (Å²) in [6.45, 7) is 13.3. The summed E-state index contributed by atoms with van der Waals surface area (Å²) in [5.74, 6) is 1.31. The van der Waals surface area contributed by atoms with Gasteiger partial charge in [-0.25, -0.2) is 0 Å². The van der Waals surface area contributed by atoms with E-state index in [0.717, 1.165) is 71.2 Å². The van der Waals surface area contributed by atoms with Crippen molar-refractivity contribution in [3.63, 3.8) is 0 Å². The number of amides is 1. The summed E-state index contributed by atoms with van der Waals surface area (Å²) in [5, 5.41) is 3.56. The number of rotatable bonds is 5. The summed E-state index contributed by atoms with van der Waals surface area (Å²) in [4.78, 5) is 26.5. The van der Waals surface area contributed by atoms with Crippen molar-refractivity contribution in [1.82, 2.24) is 24.9 Å². The maximum atomic E-state index is 12.7. The molecule has 7 heteroatoms. The van der Waals surface area contributed by atoms with E-state index < -0.39 is 0 Å². The summed E-state index contributed by atoms with van der Waals surface area (Å²) in [7, 11) is 1.87. The number of carbonyl (C=O) groups excluding carboxylic acids is 1. The Morgan fingerprint density at radius 1 is 1.00 bits per heavy atom. The Morgan fingerprint density at radius 3 is 2.32 bits per heavy atom. The third-order valence-electron chi connectivity index (χ3n) is 6.77. The maximum Gasteiger partial charge on any atom is 0.239 e. The van der Waals surface area contributed by atoms with Crippen LogP contribution < -0.4 is 5.32 Å². The quantitative estimate of drug-likeness (QED) is 0.560. The maximum absolute atomic E-state index is 12.7. The van der Waals surface area contributed by atoms with Crippen molar-refractivity contribution in [3.05, 3.63) is 0 Å². The van der Waals surface area contributed by atoms with Gasteiger partial charge in [0.2, 0.25) is 5.91 Å². The lowest BCUT2D eigenvalue weighted by atomic mass is 10.0. The largest absolute Gasteiger partial charge is 0.355 e. The summed E-state index contributed by atoms with van der Waals surface area (Å²) in [6, 6.07) is 0.701. The van der Waals surface area contributed by atoms with Crippen molar-refractivity contribution >= 4 is 11.9 Å². The Labute approximate surface area is 171 Å². The Balaban J connectivity index is 1.40. The molecule has 0 spiro atoms. The molecule has 3 rings (SSSR count). The lowest BCUT2D eigenvalue weighted by molar-refractivity contribution is -0.135. The molecular formula is C21H40N6O. The van der Waals surface area contributed by atoms with Gasteiger partial charge in [-0.05, 0) is 46.1 Å². The number of carbonyl (C=O) groups is 1. The molecule has 160 valence electrons. The van der Waals surface area contributed by atoms with Crippen LogP contribution in [0.5, 0.6) is 0 Å². The number of likely N-dealkylation sites (tertiary alicyclic amines) is 2. The van der Waals surface area contributed by atoms with Crippen LogP contribution in [0, 0.1) is 0 Å². The monoisotopic (exact) mass is 392 g/mol. The highest BCUT2D eigenvalue weighted by molar-refractivity contribution is 5.82. The fourth-order valence-electron chi connectivity index (χ4n) is 4.81. The molecule has 0 bridgehead atoms. The van der Waals surface area contributed by atoms with Crippen molar-refractivity contribution in [3.8, 4) is 0 Å². The van der Waals surface area contributed by atoms with Gasteiger partial charge in [-0.3, -0.25) is 19.6 Å². The molecule has 3 aliphatic rings. The molecule has 0 aliphatic carbocycles. The number of aliphatic imine (C=N–C) groups is 1.